The van der Waals surface area contributed by atoms with Crippen molar-refractivity contribution < 1.29 is 14.6 Å². The quantitative estimate of drug-likeness (QED) is 0.661. The molecule has 0 spiro atoms. The molecule has 0 aromatic heterocycles. The van der Waals surface area contributed by atoms with Crippen molar-refractivity contribution in [2.45, 2.75) is 25.9 Å². The second-order valence-corrected chi connectivity index (χ2v) is 6.09. The smallest absolute Gasteiger partial charge is 0.292 e. The fraction of sp³-hybridized carbons (Fsp3) is 0.278. The number of quaternary nitrogens is 1. The van der Waals surface area contributed by atoms with Gasteiger partial charge in [-0.3, -0.25) is 14.9 Å². The van der Waals surface area contributed by atoms with Gasteiger partial charge in [0.2, 0.25) is 0 Å². The zero-order valence-electron chi connectivity index (χ0n) is 13.5. The van der Waals surface area contributed by atoms with Crippen LogP contribution in [0.4, 0.5) is 11.4 Å². The minimum absolute atomic E-state index is 0.0861. The number of amides is 1. The van der Waals surface area contributed by atoms with Gasteiger partial charge in [0.15, 0.2) is 6.04 Å². The fourth-order valence-electron chi connectivity index (χ4n) is 3.14. The largest absolute Gasteiger partial charge is 0.321 e. The Bertz CT molecular complexity index is 776. The number of para-hydroxylation sites is 2. The van der Waals surface area contributed by atoms with E-state index in [1.807, 2.05) is 19.1 Å². The van der Waals surface area contributed by atoms with Gasteiger partial charge in [-0.1, -0.05) is 36.4 Å². The van der Waals surface area contributed by atoms with Crippen LogP contribution in [0.15, 0.2) is 48.5 Å². The lowest BCUT2D eigenvalue weighted by Gasteiger charge is -2.30. The Hall–Kier alpha value is -2.73. The molecule has 0 radical (unpaired) electrons. The van der Waals surface area contributed by atoms with Gasteiger partial charge in [0.25, 0.3) is 11.6 Å². The summed E-state index contributed by atoms with van der Waals surface area (Å²) in [7, 11) is 0. The van der Waals surface area contributed by atoms with Gasteiger partial charge in [-0.15, -0.1) is 0 Å². The average Bonchev–Trinajstić information content (AvgIpc) is 2.61. The number of carbonyl (C=O) groups is 1. The number of fused-ring (bicyclic) bond motifs is 1. The number of hydrogen-bond acceptors (Lipinski definition) is 3. The van der Waals surface area contributed by atoms with Crippen LogP contribution in [0, 0.1) is 10.1 Å². The van der Waals surface area contributed by atoms with Crippen molar-refractivity contribution in [1.82, 2.24) is 0 Å². The molecule has 0 aliphatic carbocycles. The second kappa shape index (κ2) is 6.80. The molecule has 1 aliphatic rings. The van der Waals surface area contributed by atoms with E-state index in [1.165, 1.54) is 22.1 Å². The van der Waals surface area contributed by atoms with E-state index < -0.39 is 4.92 Å². The highest BCUT2D eigenvalue weighted by molar-refractivity contribution is 5.95. The normalized spacial score (nSPS) is 17.6. The summed E-state index contributed by atoms with van der Waals surface area (Å²) >= 11 is 0. The Morgan fingerprint density at radius 1 is 1.17 bits per heavy atom. The van der Waals surface area contributed by atoms with E-state index in [-0.39, 0.29) is 23.3 Å². The highest BCUT2D eigenvalue weighted by atomic mass is 16.6. The molecule has 2 aromatic carbocycles. The molecular weight excluding hydrogens is 306 g/mol. The first-order chi connectivity index (χ1) is 11.6. The summed E-state index contributed by atoms with van der Waals surface area (Å²) in [5, 5.41) is 13.8. The van der Waals surface area contributed by atoms with Gasteiger partial charge < -0.3 is 10.2 Å². The number of carbonyl (C=O) groups excluding carboxylic acids is 1. The van der Waals surface area contributed by atoms with Gasteiger partial charge in [0.1, 0.15) is 12.2 Å². The number of hydrogen-bond donors (Lipinski definition) is 2. The maximum Gasteiger partial charge on any atom is 0.292 e. The Kier molecular flexibility index (Phi) is 4.57. The molecule has 1 heterocycles. The van der Waals surface area contributed by atoms with Crippen LogP contribution in [0.2, 0.25) is 0 Å². The third-order valence-electron chi connectivity index (χ3n) is 4.62. The van der Waals surface area contributed by atoms with E-state index in [1.54, 1.807) is 18.2 Å². The maximum atomic E-state index is 12.5. The van der Waals surface area contributed by atoms with Crippen LogP contribution in [0.3, 0.4) is 0 Å². The SMILES string of the molecule is C[C@@H](C(=O)Nc1ccccc1[N+](=O)[O-])[NH+]1CCc2ccccc2C1. The van der Waals surface area contributed by atoms with Crippen molar-refractivity contribution in [3.63, 3.8) is 0 Å². The lowest BCUT2D eigenvalue weighted by Crippen LogP contribution is -3.16. The zero-order valence-corrected chi connectivity index (χ0v) is 13.5. The number of rotatable bonds is 4. The minimum atomic E-state index is -0.482. The number of anilines is 1. The van der Waals surface area contributed by atoms with Crippen molar-refractivity contribution >= 4 is 17.3 Å². The van der Waals surface area contributed by atoms with E-state index in [0.29, 0.717) is 0 Å². The first-order valence-corrected chi connectivity index (χ1v) is 8.02. The van der Waals surface area contributed by atoms with Gasteiger partial charge in [-0.05, 0) is 18.6 Å². The molecule has 6 nitrogen and oxygen atoms in total. The molecule has 0 fully saturated rings. The minimum Gasteiger partial charge on any atom is -0.321 e. The van der Waals surface area contributed by atoms with Crippen LogP contribution in [0.5, 0.6) is 0 Å². The third kappa shape index (κ3) is 3.28. The predicted molar refractivity (Wildman–Crippen MR) is 90.9 cm³/mol. The number of nitrogens with zero attached hydrogens (tertiary/aromatic N) is 1. The Balaban J connectivity index is 1.71. The number of benzene rings is 2. The van der Waals surface area contributed by atoms with Gasteiger partial charge >= 0.3 is 0 Å². The predicted octanol–water partition coefficient (Wildman–Crippen LogP) is 1.56. The van der Waals surface area contributed by atoms with Crippen molar-refractivity contribution in [3.8, 4) is 0 Å². The first-order valence-electron chi connectivity index (χ1n) is 8.02. The molecule has 24 heavy (non-hydrogen) atoms. The van der Waals surface area contributed by atoms with Crippen molar-refractivity contribution in [1.29, 1.82) is 0 Å². The standard InChI is InChI=1S/C18H19N3O3/c1-13(20-11-10-14-6-2-3-7-15(14)12-20)18(22)19-16-8-4-5-9-17(16)21(23)24/h2-9,13H,10-12H2,1H3,(H,19,22)/p+1/t13-/m0/s1. The lowest BCUT2D eigenvalue weighted by atomic mass is 9.99. The van der Waals surface area contributed by atoms with E-state index in [4.69, 9.17) is 0 Å². The van der Waals surface area contributed by atoms with Crippen molar-refractivity contribution in [3.05, 3.63) is 69.8 Å². The van der Waals surface area contributed by atoms with Gasteiger partial charge in [0.05, 0.1) is 11.5 Å². The number of nitrogens with one attached hydrogen (secondary N) is 2. The Morgan fingerprint density at radius 2 is 1.83 bits per heavy atom. The zero-order chi connectivity index (χ0) is 17.1. The van der Waals surface area contributed by atoms with Crippen LogP contribution in [0.1, 0.15) is 18.1 Å². The molecule has 3 rings (SSSR count). The van der Waals surface area contributed by atoms with Crippen LogP contribution in [0.25, 0.3) is 0 Å². The highest BCUT2D eigenvalue weighted by Gasteiger charge is 2.29. The first kappa shape index (κ1) is 16.1. The molecule has 0 saturated heterocycles. The molecule has 2 aromatic rings. The van der Waals surface area contributed by atoms with Crippen molar-refractivity contribution in [2.75, 3.05) is 11.9 Å². The third-order valence-corrected chi connectivity index (χ3v) is 4.62. The van der Waals surface area contributed by atoms with Crippen molar-refractivity contribution in [2.24, 2.45) is 0 Å². The Labute approximate surface area is 140 Å². The summed E-state index contributed by atoms with van der Waals surface area (Å²) in [5.74, 6) is -0.196. The van der Waals surface area contributed by atoms with E-state index in [2.05, 4.69) is 17.4 Å². The van der Waals surface area contributed by atoms with Crippen LogP contribution < -0.4 is 10.2 Å². The summed E-state index contributed by atoms with van der Waals surface area (Å²) in [5.41, 5.74) is 2.77. The summed E-state index contributed by atoms with van der Waals surface area (Å²) in [6.45, 7) is 3.54. The molecule has 2 N–H and O–H groups in total. The lowest BCUT2D eigenvalue weighted by molar-refractivity contribution is -0.929. The fourth-order valence-corrected chi connectivity index (χ4v) is 3.14. The molecule has 0 saturated carbocycles. The van der Waals surface area contributed by atoms with Crippen LogP contribution >= 0.6 is 0 Å². The van der Waals surface area contributed by atoms with Gasteiger partial charge in [0, 0.05) is 18.1 Å². The maximum absolute atomic E-state index is 12.5. The van der Waals surface area contributed by atoms with Crippen LogP contribution in [-0.2, 0) is 17.8 Å². The monoisotopic (exact) mass is 326 g/mol. The summed E-state index contributed by atoms with van der Waals surface area (Å²) in [6.07, 6.45) is 0.939. The second-order valence-electron chi connectivity index (χ2n) is 6.09. The number of nitro groups is 1. The topological polar surface area (TPSA) is 76.7 Å². The summed E-state index contributed by atoms with van der Waals surface area (Å²) in [4.78, 5) is 24.3. The molecule has 0 bridgehead atoms. The Morgan fingerprint density at radius 3 is 2.58 bits per heavy atom. The van der Waals surface area contributed by atoms with E-state index in [0.717, 1.165) is 19.5 Å². The highest BCUT2D eigenvalue weighted by Crippen LogP contribution is 2.23. The summed E-state index contributed by atoms with van der Waals surface area (Å²) < 4.78 is 0. The van der Waals surface area contributed by atoms with Gasteiger partial charge in [-0.25, -0.2) is 0 Å². The van der Waals surface area contributed by atoms with Gasteiger partial charge in [-0.2, -0.15) is 0 Å². The molecular formula is C18H20N3O3+. The van der Waals surface area contributed by atoms with Crippen LogP contribution in [-0.4, -0.2) is 23.4 Å². The average molecular weight is 326 g/mol. The molecule has 1 unspecified atom stereocenters. The molecule has 2 atom stereocenters. The van der Waals surface area contributed by atoms with E-state index in [9.17, 15) is 14.9 Å². The summed E-state index contributed by atoms with van der Waals surface area (Å²) in [6, 6.07) is 14.2. The number of nitro benzene ring substituents is 1. The molecule has 6 heteroatoms. The molecule has 1 aliphatic heterocycles. The molecule has 124 valence electrons. The molecule has 1 amide bonds. The van der Waals surface area contributed by atoms with E-state index >= 15 is 0 Å².